The van der Waals surface area contributed by atoms with Crippen LogP contribution >= 0.6 is 0 Å². The number of hydrogen-bond donors (Lipinski definition) is 1. The minimum Gasteiger partial charge on any atom is -0.385 e. The number of pyridine rings is 1. The fourth-order valence-corrected chi connectivity index (χ4v) is 0.739. The van der Waals surface area contributed by atoms with Gasteiger partial charge in [-0.15, -0.1) is 0 Å². The summed E-state index contributed by atoms with van der Waals surface area (Å²) in [5.41, 5.74) is 1.15. The van der Waals surface area contributed by atoms with Gasteiger partial charge in [-0.2, -0.15) is 0 Å². The molecule has 1 aromatic heterocycles. The van der Waals surface area contributed by atoms with Gasteiger partial charge in [0.2, 0.25) is 0 Å². The topological polar surface area (TPSA) is 24.9 Å². The zero-order valence-electron chi connectivity index (χ0n) is 10.2. The molecule has 0 aliphatic carbocycles. The number of nitrogens with zero attached hydrogens (tertiary/aromatic N) is 1. The first-order chi connectivity index (χ1) is 6.93. The molecule has 0 radical (unpaired) electrons. The van der Waals surface area contributed by atoms with Crippen LogP contribution in [0.25, 0.3) is 0 Å². The van der Waals surface area contributed by atoms with Crippen molar-refractivity contribution in [3.05, 3.63) is 24.5 Å². The summed E-state index contributed by atoms with van der Waals surface area (Å²) in [6.45, 7) is 11.2. The Kier molecular flexibility index (Phi) is 15.9. The van der Waals surface area contributed by atoms with Crippen LogP contribution in [0.2, 0.25) is 0 Å². The van der Waals surface area contributed by atoms with Crippen molar-refractivity contribution in [3.63, 3.8) is 0 Å². The minimum absolute atomic E-state index is 1.03. The zero-order chi connectivity index (χ0) is 11.2. The summed E-state index contributed by atoms with van der Waals surface area (Å²) in [6, 6.07) is 3.94. The molecular formula is C12H24N2. The molecule has 0 aliphatic heterocycles. The third-order valence-electron chi connectivity index (χ3n) is 1.26. The molecule has 0 fully saturated rings. The quantitative estimate of drug-likeness (QED) is 0.791. The van der Waals surface area contributed by atoms with Crippen molar-refractivity contribution in [2.24, 2.45) is 0 Å². The highest BCUT2D eigenvalue weighted by Gasteiger charge is 1.84. The van der Waals surface area contributed by atoms with E-state index in [-0.39, 0.29) is 0 Å². The van der Waals surface area contributed by atoms with E-state index in [2.05, 4.69) is 17.2 Å². The smallest absolute Gasteiger partial charge is 0.0371 e. The maximum atomic E-state index is 3.91. The van der Waals surface area contributed by atoms with Gasteiger partial charge in [-0.25, -0.2) is 0 Å². The fraction of sp³-hybridized carbons (Fsp3) is 0.583. The lowest BCUT2D eigenvalue weighted by atomic mass is 10.4. The monoisotopic (exact) mass is 196 g/mol. The Labute approximate surface area is 88.8 Å². The van der Waals surface area contributed by atoms with Crippen LogP contribution in [0, 0.1) is 0 Å². The standard InChI is InChI=1S/C8H12N2.2C2H6/c1-2-5-10-8-3-6-9-7-4-8;2*1-2/h3-4,6-7H,2,5H2,1H3,(H,9,10);2*1-2H3. The molecule has 0 atom stereocenters. The molecule has 0 unspecified atom stereocenters. The molecule has 1 N–H and O–H groups in total. The van der Waals surface area contributed by atoms with Gasteiger partial charge in [0.05, 0.1) is 0 Å². The van der Waals surface area contributed by atoms with Crippen LogP contribution < -0.4 is 5.32 Å². The summed E-state index contributed by atoms with van der Waals surface area (Å²) >= 11 is 0. The second-order valence-corrected chi connectivity index (χ2v) is 2.16. The van der Waals surface area contributed by atoms with Gasteiger partial charge in [-0.05, 0) is 18.6 Å². The van der Waals surface area contributed by atoms with Gasteiger partial charge < -0.3 is 5.32 Å². The Balaban J connectivity index is 0. The van der Waals surface area contributed by atoms with Crippen LogP contribution in [0.5, 0.6) is 0 Å². The van der Waals surface area contributed by atoms with Gasteiger partial charge in [0.25, 0.3) is 0 Å². The number of anilines is 1. The van der Waals surface area contributed by atoms with Crippen LogP contribution in [-0.4, -0.2) is 11.5 Å². The fourth-order valence-electron chi connectivity index (χ4n) is 0.739. The number of nitrogens with one attached hydrogen (secondary N) is 1. The molecule has 0 aliphatic rings. The Morgan fingerprint density at radius 1 is 1.07 bits per heavy atom. The molecule has 0 saturated carbocycles. The lowest BCUT2D eigenvalue weighted by Crippen LogP contribution is -1.98. The van der Waals surface area contributed by atoms with Crippen molar-refractivity contribution in [3.8, 4) is 0 Å². The molecule has 0 spiro atoms. The average Bonchev–Trinajstić information content (AvgIpc) is 2.33. The molecule has 0 aromatic carbocycles. The summed E-state index contributed by atoms with van der Waals surface area (Å²) in [5.74, 6) is 0. The third-order valence-corrected chi connectivity index (χ3v) is 1.26. The molecule has 2 heteroatoms. The van der Waals surface area contributed by atoms with Crippen molar-refractivity contribution in [1.29, 1.82) is 0 Å². The predicted octanol–water partition coefficient (Wildman–Crippen LogP) is 3.96. The molecule has 1 heterocycles. The predicted molar refractivity (Wildman–Crippen MR) is 65.7 cm³/mol. The van der Waals surface area contributed by atoms with Crippen molar-refractivity contribution in [2.75, 3.05) is 11.9 Å². The van der Waals surface area contributed by atoms with Crippen molar-refractivity contribution < 1.29 is 0 Å². The second-order valence-electron chi connectivity index (χ2n) is 2.16. The van der Waals surface area contributed by atoms with Crippen molar-refractivity contribution in [2.45, 2.75) is 41.0 Å². The van der Waals surface area contributed by atoms with Gasteiger partial charge >= 0.3 is 0 Å². The van der Waals surface area contributed by atoms with E-state index in [1.54, 1.807) is 12.4 Å². The molecule has 0 saturated heterocycles. The van der Waals surface area contributed by atoms with Crippen LogP contribution in [0.1, 0.15) is 41.0 Å². The molecule has 82 valence electrons. The molecule has 1 rings (SSSR count). The van der Waals surface area contributed by atoms with E-state index in [4.69, 9.17) is 0 Å². The number of rotatable bonds is 3. The van der Waals surface area contributed by atoms with Crippen molar-refractivity contribution in [1.82, 2.24) is 4.98 Å². The van der Waals surface area contributed by atoms with E-state index < -0.39 is 0 Å². The van der Waals surface area contributed by atoms with Crippen LogP contribution in [0.4, 0.5) is 5.69 Å². The third kappa shape index (κ3) is 9.04. The maximum absolute atomic E-state index is 3.91. The Morgan fingerprint density at radius 3 is 2.00 bits per heavy atom. The molecule has 1 aromatic rings. The van der Waals surface area contributed by atoms with E-state index in [1.165, 1.54) is 0 Å². The first-order valence-corrected chi connectivity index (χ1v) is 5.57. The molecule has 14 heavy (non-hydrogen) atoms. The molecule has 0 amide bonds. The number of hydrogen-bond acceptors (Lipinski definition) is 2. The minimum atomic E-state index is 1.03. The van der Waals surface area contributed by atoms with E-state index in [0.29, 0.717) is 0 Å². The molecule has 0 bridgehead atoms. The van der Waals surface area contributed by atoms with E-state index in [0.717, 1.165) is 18.7 Å². The highest BCUT2D eigenvalue weighted by Crippen LogP contribution is 2.01. The highest BCUT2D eigenvalue weighted by molar-refractivity contribution is 5.40. The van der Waals surface area contributed by atoms with E-state index in [1.807, 2.05) is 39.8 Å². The van der Waals surface area contributed by atoms with Gasteiger partial charge in [-0.3, -0.25) is 4.98 Å². The van der Waals surface area contributed by atoms with Gasteiger partial charge in [0.1, 0.15) is 0 Å². The van der Waals surface area contributed by atoms with Crippen LogP contribution in [0.15, 0.2) is 24.5 Å². The highest BCUT2D eigenvalue weighted by atomic mass is 14.9. The summed E-state index contributed by atoms with van der Waals surface area (Å²) in [7, 11) is 0. The zero-order valence-corrected chi connectivity index (χ0v) is 10.2. The molecular weight excluding hydrogens is 172 g/mol. The molecule has 2 nitrogen and oxygen atoms in total. The second kappa shape index (κ2) is 14.5. The van der Waals surface area contributed by atoms with Crippen LogP contribution in [0.3, 0.4) is 0 Å². The maximum Gasteiger partial charge on any atom is 0.0371 e. The van der Waals surface area contributed by atoms with Gasteiger partial charge in [0.15, 0.2) is 0 Å². The first-order valence-electron chi connectivity index (χ1n) is 5.57. The van der Waals surface area contributed by atoms with E-state index in [9.17, 15) is 0 Å². The summed E-state index contributed by atoms with van der Waals surface area (Å²) in [5, 5.41) is 3.25. The average molecular weight is 196 g/mol. The summed E-state index contributed by atoms with van der Waals surface area (Å²) in [6.07, 6.45) is 4.73. The van der Waals surface area contributed by atoms with Crippen LogP contribution in [-0.2, 0) is 0 Å². The summed E-state index contributed by atoms with van der Waals surface area (Å²) < 4.78 is 0. The lowest BCUT2D eigenvalue weighted by molar-refractivity contribution is 0.979. The summed E-state index contributed by atoms with van der Waals surface area (Å²) in [4.78, 5) is 3.91. The largest absolute Gasteiger partial charge is 0.385 e. The Bertz CT molecular complexity index is 173. The van der Waals surface area contributed by atoms with Gasteiger partial charge in [-0.1, -0.05) is 34.6 Å². The Hall–Kier alpha value is -1.05. The Morgan fingerprint density at radius 2 is 1.57 bits per heavy atom. The first kappa shape index (κ1) is 15.4. The SMILES string of the molecule is CC.CC.CCCNc1ccncc1. The van der Waals surface area contributed by atoms with Gasteiger partial charge in [0, 0.05) is 24.6 Å². The van der Waals surface area contributed by atoms with E-state index >= 15 is 0 Å². The normalized spacial score (nSPS) is 7.50. The number of aromatic nitrogens is 1. The van der Waals surface area contributed by atoms with Crippen molar-refractivity contribution >= 4 is 5.69 Å². The lowest BCUT2D eigenvalue weighted by Gasteiger charge is -2.01.